The number of hydrogen-bond donors (Lipinski definition) is 2. The van der Waals surface area contributed by atoms with Crippen molar-refractivity contribution in [3.63, 3.8) is 0 Å². The van der Waals surface area contributed by atoms with Crippen LogP contribution in [0.4, 0.5) is 0 Å². The third kappa shape index (κ3) is 4.19. The first-order valence-electron chi connectivity index (χ1n) is 10.9. The van der Waals surface area contributed by atoms with Crippen molar-refractivity contribution in [2.75, 3.05) is 6.54 Å². The average Bonchev–Trinajstić information content (AvgIpc) is 2.75. The van der Waals surface area contributed by atoms with E-state index in [2.05, 4.69) is 16.0 Å². The summed E-state index contributed by atoms with van der Waals surface area (Å²) >= 11 is 5.39. The highest BCUT2D eigenvalue weighted by molar-refractivity contribution is 7.71. The van der Waals surface area contributed by atoms with Gasteiger partial charge in [-0.25, -0.2) is 0 Å². The zero-order valence-corrected chi connectivity index (χ0v) is 18.2. The molecule has 1 atom stereocenters. The highest BCUT2D eigenvalue weighted by Gasteiger charge is 2.26. The normalized spacial score (nSPS) is 21.0. The number of aromatic hydroxyl groups is 1. The smallest absolute Gasteiger partial charge is 0.264 e. The van der Waals surface area contributed by atoms with Gasteiger partial charge in [0, 0.05) is 25.0 Å². The van der Waals surface area contributed by atoms with Gasteiger partial charge in [-0.2, -0.15) is 5.10 Å². The van der Waals surface area contributed by atoms with Crippen molar-refractivity contribution in [1.82, 2.24) is 19.5 Å². The summed E-state index contributed by atoms with van der Waals surface area (Å²) in [6.45, 7) is 2.59. The largest absolute Gasteiger partial charge is 0.494 e. The zero-order valence-electron chi connectivity index (χ0n) is 17.4. The monoisotopic (exact) mass is 427 g/mol. The predicted molar refractivity (Wildman–Crippen MR) is 119 cm³/mol. The lowest BCUT2D eigenvalue weighted by Gasteiger charge is -2.34. The Kier molecular flexibility index (Phi) is 6.32. The molecule has 0 bridgehead atoms. The molecule has 160 valence electrons. The molecular weight excluding hydrogens is 398 g/mol. The summed E-state index contributed by atoms with van der Waals surface area (Å²) in [4.78, 5) is 19.7. The Morgan fingerprint density at radius 3 is 2.73 bits per heavy atom. The number of piperidine rings is 1. The molecular formula is C22H29N5O2S. The first-order chi connectivity index (χ1) is 14.6. The van der Waals surface area contributed by atoms with Gasteiger partial charge in [-0.05, 0) is 62.9 Å². The molecule has 30 heavy (non-hydrogen) atoms. The van der Waals surface area contributed by atoms with E-state index in [4.69, 9.17) is 17.3 Å². The fraction of sp³-hybridized carbons (Fsp3) is 0.545. The molecule has 1 saturated heterocycles. The third-order valence-electron chi connectivity index (χ3n) is 6.24. The topological polar surface area (TPSA) is 86.5 Å². The Morgan fingerprint density at radius 2 is 2.00 bits per heavy atom. The lowest BCUT2D eigenvalue weighted by atomic mass is 9.95. The summed E-state index contributed by atoms with van der Waals surface area (Å²) in [5.41, 5.74) is 1.44. The van der Waals surface area contributed by atoms with Crippen LogP contribution in [0.2, 0.25) is 0 Å². The molecule has 7 nitrogen and oxygen atoms in total. The Balaban J connectivity index is 1.71. The maximum atomic E-state index is 12.7. The van der Waals surface area contributed by atoms with E-state index < -0.39 is 0 Å². The second-order valence-electron chi connectivity index (χ2n) is 8.27. The minimum Gasteiger partial charge on any atom is -0.494 e. The molecule has 8 heteroatoms. The van der Waals surface area contributed by atoms with Gasteiger partial charge in [-0.3, -0.25) is 24.3 Å². The van der Waals surface area contributed by atoms with Gasteiger partial charge < -0.3 is 5.11 Å². The van der Waals surface area contributed by atoms with Crippen molar-refractivity contribution in [2.45, 2.75) is 70.4 Å². The van der Waals surface area contributed by atoms with Crippen molar-refractivity contribution >= 4 is 17.9 Å². The van der Waals surface area contributed by atoms with E-state index in [1.807, 2.05) is 17.3 Å². The highest BCUT2D eigenvalue weighted by atomic mass is 32.1. The molecule has 2 aromatic rings. The molecule has 2 aliphatic rings. The van der Waals surface area contributed by atoms with Crippen LogP contribution in [0.15, 0.2) is 34.4 Å². The maximum Gasteiger partial charge on any atom is 0.264 e. The van der Waals surface area contributed by atoms with Crippen molar-refractivity contribution in [3.8, 4) is 5.88 Å². The molecule has 0 radical (unpaired) electrons. The Morgan fingerprint density at radius 1 is 1.23 bits per heavy atom. The van der Waals surface area contributed by atoms with Crippen LogP contribution in [-0.2, 0) is 0 Å². The van der Waals surface area contributed by atoms with Gasteiger partial charge in [0.25, 0.3) is 5.56 Å². The quantitative estimate of drug-likeness (QED) is 0.556. The molecule has 1 saturated carbocycles. The summed E-state index contributed by atoms with van der Waals surface area (Å²) < 4.78 is 2.01. The Labute approximate surface area is 181 Å². The highest BCUT2D eigenvalue weighted by Crippen LogP contribution is 2.33. The van der Waals surface area contributed by atoms with Crippen LogP contribution in [0.1, 0.15) is 81.5 Å². The van der Waals surface area contributed by atoms with Gasteiger partial charge in [0.05, 0.1) is 11.8 Å². The summed E-state index contributed by atoms with van der Waals surface area (Å²) in [7, 11) is 0. The van der Waals surface area contributed by atoms with Gasteiger partial charge in [0.1, 0.15) is 5.56 Å². The standard InChI is InChI=1S/C22H29N5O2S/c1-15(25-26-13-6-5-11-18(26)16-8-7-12-23-14-16)19-20(28)24-22(30)27(21(19)29)17-9-3-2-4-10-17/h7-8,12,14,17-18,29H,2-6,9-11,13H2,1H3,(H,24,28,30). The van der Waals surface area contributed by atoms with E-state index in [0.29, 0.717) is 5.71 Å². The molecule has 2 aromatic heterocycles. The molecule has 0 aromatic carbocycles. The molecule has 1 aliphatic heterocycles. The van der Waals surface area contributed by atoms with Crippen LogP contribution < -0.4 is 5.56 Å². The number of aromatic nitrogens is 3. The van der Waals surface area contributed by atoms with E-state index in [-0.39, 0.29) is 33.9 Å². The predicted octanol–water partition coefficient (Wildman–Crippen LogP) is 4.46. The first-order valence-corrected chi connectivity index (χ1v) is 11.3. The lowest BCUT2D eigenvalue weighted by molar-refractivity contribution is 0.155. The van der Waals surface area contributed by atoms with E-state index in [1.165, 1.54) is 6.42 Å². The fourth-order valence-electron chi connectivity index (χ4n) is 4.73. The number of hydrogen-bond acceptors (Lipinski definition) is 6. The third-order valence-corrected chi connectivity index (χ3v) is 6.54. The fourth-order valence-corrected chi connectivity index (χ4v) is 5.06. The van der Waals surface area contributed by atoms with Gasteiger partial charge in [0.15, 0.2) is 4.77 Å². The summed E-state index contributed by atoms with van der Waals surface area (Å²) in [5, 5.41) is 17.9. The van der Waals surface area contributed by atoms with Crippen molar-refractivity contribution in [2.24, 2.45) is 5.10 Å². The number of hydrazone groups is 1. The van der Waals surface area contributed by atoms with E-state index in [9.17, 15) is 9.90 Å². The molecule has 1 aliphatic carbocycles. The van der Waals surface area contributed by atoms with Crippen molar-refractivity contribution in [1.29, 1.82) is 0 Å². The second-order valence-corrected chi connectivity index (χ2v) is 8.65. The summed E-state index contributed by atoms with van der Waals surface area (Å²) in [6.07, 6.45) is 12.1. The number of nitrogens with zero attached hydrogens (tertiary/aromatic N) is 4. The lowest BCUT2D eigenvalue weighted by Crippen LogP contribution is -2.31. The number of H-pyrrole nitrogens is 1. The number of aromatic amines is 1. The van der Waals surface area contributed by atoms with Crippen molar-refractivity contribution in [3.05, 3.63) is 50.8 Å². The number of rotatable bonds is 4. The molecule has 4 rings (SSSR count). The number of pyridine rings is 1. The van der Waals surface area contributed by atoms with Crippen LogP contribution >= 0.6 is 12.2 Å². The van der Waals surface area contributed by atoms with Crippen molar-refractivity contribution < 1.29 is 5.11 Å². The summed E-state index contributed by atoms with van der Waals surface area (Å²) in [6, 6.07) is 4.23. The first kappa shape index (κ1) is 20.8. The van der Waals surface area contributed by atoms with Gasteiger partial charge in [-0.15, -0.1) is 0 Å². The summed E-state index contributed by atoms with van der Waals surface area (Å²) in [5.74, 6) is -0.0631. The van der Waals surface area contributed by atoms with Gasteiger partial charge in [0.2, 0.25) is 5.88 Å². The van der Waals surface area contributed by atoms with Crippen LogP contribution in [-0.4, -0.2) is 36.9 Å². The minimum atomic E-state index is -0.388. The van der Waals surface area contributed by atoms with Crippen LogP contribution in [0, 0.1) is 4.77 Å². The number of nitrogens with one attached hydrogen (secondary N) is 1. The zero-order chi connectivity index (χ0) is 21.1. The molecule has 2 N–H and O–H groups in total. The maximum absolute atomic E-state index is 12.7. The molecule has 3 heterocycles. The SMILES string of the molecule is CC(=NN1CCCCC1c1cccnc1)c1c(O)n(C2CCCCC2)c(=S)[nH]c1=O. The molecule has 1 unspecified atom stereocenters. The van der Waals surface area contributed by atoms with Crippen LogP contribution in [0.25, 0.3) is 0 Å². The van der Waals surface area contributed by atoms with Gasteiger partial charge in [-0.1, -0.05) is 25.3 Å². The minimum absolute atomic E-state index is 0.0631. The van der Waals surface area contributed by atoms with E-state index in [0.717, 1.165) is 57.1 Å². The van der Waals surface area contributed by atoms with E-state index in [1.54, 1.807) is 17.7 Å². The average molecular weight is 428 g/mol. The second kappa shape index (κ2) is 9.12. The molecule has 0 amide bonds. The Bertz CT molecular complexity index is 1020. The van der Waals surface area contributed by atoms with Gasteiger partial charge >= 0.3 is 0 Å². The molecule has 2 fully saturated rings. The molecule has 0 spiro atoms. The van der Waals surface area contributed by atoms with E-state index >= 15 is 0 Å². The Hall–Kier alpha value is -2.48. The van der Waals surface area contributed by atoms with Crippen LogP contribution in [0.3, 0.4) is 0 Å². The van der Waals surface area contributed by atoms with Crippen LogP contribution in [0.5, 0.6) is 5.88 Å².